The second-order valence-electron chi connectivity index (χ2n) is 6.39. The molecule has 1 fully saturated rings. The molecule has 2 aromatic rings. The molecular formula is C19H24N2O2S. The van der Waals surface area contributed by atoms with Gasteiger partial charge in [-0.25, -0.2) is 0 Å². The van der Waals surface area contributed by atoms with Crippen LogP contribution in [0, 0.1) is 0 Å². The molecule has 1 aromatic carbocycles. The fourth-order valence-electron chi connectivity index (χ4n) is 2.97. The summed E-state index contributed by atoms with van der Waals surface area (Å²) in [6.45, 7) is 4.50. The van der Waals surface area contributed by atoms with Crippen molar-refractivity contribution in [2.24, 2.45) is 0 Å². The molecule has 5 heteroatoms. The number of anilines is 1. The van der Waals surface area contributed by atoms with Crippen molar-refractivity contribution in [1.82, 2.24) is 5.32 Å². The number of aliphatic hydroxyl groups excluding tert-OH is 1. The van der Waals surface area contributed by atoms with Crippen molar-refractivity contribution in [2.45, 2.75) is 31.8 Å². The highest BCUT2D eigenvalue weighted by Gasteiger charge is 2.17. The van der Waals surface area contributed by atoms with Crippen molar-refractivity contribution in [3.63, 3.8) is 0 Å². The zero-order valence-electron chi connectivity index (χ0n) is 13.9. The molecule has 4 nitrogen and oxygen atoms in total. The van der Waals surface area contributed by atoms with Crippen LogP contribution in [0.3, 0.4) is 0 Å². The van der Waals surface area contributed by atoms with Crippen LogP contribution in [0.4, 0.5) is 5.69 Å². The van der Waals surface area contributed by atoms with Gasteiger partial charge in [0.15, 0.2) is 0 Å². The molecule has 2 N–H and O–H groups in total. The lowest BCUT2D eigenvalue weighted by atomic mass is 10.1. The van der Waals surface area contributed by atoms with E-state index in [1.165, 1.54) is 4.88 Å². The van der Waals surface area contributed by atoms with E-state index in [1.807, 2.05) is 30.3 Å². The molecule has 0 radical (unpaired) electrons. The largest absolute Gasteiger partial charge is 0.393 e. The van der Waals surface area contributed by atoms with Crippen molar-refractivity contribution < 1.29 is 9.90 Å². The van der Waals surface area contributed by atoms with Gasteiger partial charge in [-0.3, -0.25) is 4.79 Å². The third kappa shape index (κ3) is 4.16. The van der Waals surface area contributed by atoms with E-state index in [0.717, 1.165) is 31.6 Å². The highest BCUT2D eigenvalue weighted by molar-refractivity contribution is 7.10. The summed E-state index contributed by atoms with van der Waals surface area (Å²) in [7, 11) is 0. The quantitative estimate of drug-likeness (QED) is 0.875. The molecule has 1 aliphatic heterocycles. The predicted molar refractivity (Wildman–Crippen MR) is 99.0 cm³/mol. The van der Waals surface area contributed by atoms with Crippen LogP contribution in [0.1, 0.15) is 40.9 Å². The Balaban J connectivity index is 1.54. The number of carbonyl (C=O) groups is 1. The van der Waals surface area contributed by atoms with Gasteiger partial charge in [-0.05, 0) is 48.6 Å². The van der Waals surface area contributed by atoms with Crippen LogP contribution in [-0.2, 0) is 0 Å². The van der Waals surface area contributed by atoms with Crippen LogP contribution in [0.5, 0.6) is 0 Å². The highest BCUT2D eigenvalue weighted by atomic mass is 32.1. The Morgan fingerprint density at radius 2 is 2.00 bits per heavy atom. The van der Waals surface area contributed by atoms with Gasteiger partial charge in [0.2, 0.25) is 0 Å². The number of hydrogen-bond donors (Lipinski definition) is 2. The van der Waals surface area contributed by atoms with E-state index in [4.69, 9.17) is 0 Å². The number of hydrogen-bond acceptors (Lipinski definition) is 4. The number of nitrogens with zero attached hydrogens (tertiary/aromatic N) is 1. The summed E-state index contributed by atoms with van der Waals surface area (Å²) in [5, 5.41) is 14.7. The molecular weight excluding hydrogens is 320 g/mol. The first-order valence-corrected chi connectivity index (χ1v) is 9.36. The fraction of sp³-hybridized carbons (Fsp3) is 0.421. The lowest BCUT2D eigenvalue weighted by molar-refractivity contribution is 0.0952. The topological polar surface area (TPSA) is 52.6 Å². The Hall–Kier alpha value is -1.85. The monoisotopic (exact) mass is 344 g/mol. The normalized spacial score (nSPS) is 16.8. The fourth-order valence-corrected chi connectivity index (χ4v) is 3.75. The van der Waals surface area contributed by atoms with E-state index in [9.17, 15) is 9.90 Å². The minimum Gasteiger partial charge on any atom is -0.393 e. The number of nitrogens with one attached hydrogen (secondary N) is 1. The van der Waals surface area contributed by atoms with Crippen molar-refractivity contribution >= 4 is 22.9 Å². The van der Waals surface area contributed by atoms with E-state index >= 15 is 0 Å². The SMILES string of the molecule is C[C@H](CNC(=O)c1ccc(N2CCC(O)CC2)cc1)c1cccs1. The first-order valence-electron chi connectivity index (χ1n) is 8.48. The molecule has 2 heterocycles. The van der Waals surface area contributed by atoms with E-state index in [2.05, 4.69) is 28.6 Å². The first kappa shape index (κ1) is 17.0. The molecule has 0 saturated carbocycles. The second-order valence-corrected chi connectivity index (χ2v) is 7.37. The summed E-state index contributed by atoms with van der Waals surface area (Å²) < 4.78 is 0. The number of thiophene rings is 1. The smallest absolute Gasteiger partial charge is 0.251 e. The van der Waals surface area contributed by atoms with Gasteiger partial charge >= 0.3 is 0 Å². The van der Waals surface area contributed by atoms with Crippen molar-refractivity contribution in [3.05, 3.63) is 52.2 Å². The zero-order valence-corrected chi connectivity index (χ0v) is 14.8. The van der Waals surface area contributed by atoms with E-state index < -0.39 is 0 Å². The van der Waals surface area contributed by atoms with Crippen molar-refractivity contribution in [2.75, 3.05) is 24.5 Å². The lowest BCUT2D eigenvalue weighted by Gasteiger charge is -2.31. The molecule has 1 atom stereocenters. The molecule has 0 aliphatic carbocycles. The maximum Gasteiger partial charge on any atom is 0.251 e. The number of rotatable bonds is 5. The molecule has 3 rings (SSSR count). The van der Waals surface area contributed by atoms with Gasteiger partial charge in [-0.1, -0.05) is 13.0 Å². The number of piperidine rings is 1. The van der Waals surface area contributed by atoms with Crippen LogP contribution in [-0.4, -0.2) is 36.8 Å². The summed E-state index contributed by atoms with van der Waals surface area (Å²) >= 11 is 1.72. The molecule has 0 spiro atoms. The molecule has 1 amide bonds. The third-order valence-electron chi connectivity index (χ3n) is 4.56. The molecule has 128 valence electrons. The second kappa shape index (κ2) is 7.81. The molecule has 0 bridgehead atoms. The third-order valence-corrected chi connectivity index (χ3v) is 5.66. The maximum atomic E-state index is 12.3. The van der Waals surface area contributed by atoms with Gasteiger partial charge in [0.1, 0.15) is 0 Å². The molecule has 1 aliphatic rings. The van der Waals surface area contributed by atoms with Crippen LogP contribution >= 0.6 is 11.3 Å². The van der Waals surface area contributed by atoms with Gasteiger partial charge in [0.05, 0.1) is 6.10 Å². The highest BCUT2D eigenvalue weighted by Crippen LogP contribution is 2.21. The number of amides is 1. The van der Waals surface area contributed by atoms with Gasteiger partial charge in [0.25, 0.3) is 5.91 Å². The summed E-state index contributed by atoms with van der Waals surface area (Å²) in [6.07, 6.45) is 1.45. The first-order chi connectivity index (χ1) is 11.6. The van der Waals surface area contributed by atoms with Crippen LogP contribution in [0.15, 0.2) is 41.8 Å². The summed E-state index contributed by atoms with van der Waals surface area (Å²) in [5.41, 5.74) is 1.81. The Kier molecular flexibility index (Phi) is 5.53. The van der Waals surface area contributed by atoms with E-state index in [-0.39, 0.29) is 12.0 Å². The number of carbonyl (C=O) groups excluding carboxylic acids is 1. The van der Waals surface area contributed by atoms with E-state index in [1.54, 1.807) is 11.3 Å². The molecule has 0 unspecified atom stereocenters. The van der Waals surface area contributed by atoms with Gasteiger partial charge in [-0.2, -0.15) is 0 Å². The minimum absolute atomic E-state index is 0.0287. The van der Waals surface area contributed by atoms with Crippen LogP contribution < -0.4 is 10.2 Å². The predicted octanol–water partition coefficient (Wildman–Crippen LogP) is 3.24. The summed E-state index contributed by atoms with van der Waals surface area (Å²) in [6, 6.07) is 11.9. The van der Waals surface area contributed by atoms with Crippen molar-refractivity contribution in [3.8, 4) is 0 Å². The molecule has 24 heavy (non-hydrogen) atoms. The maximum absolute atomic E-state index is 12.3. The van der Waals surface area contributed by atoms with Gasteiger partial charge in [-0.15, -0.1) is 11.3 Å². The molecule has 1 aromatic heterocycles. The van der Waals surface area contributed by atoms with Gasteiger partial charge < -0.3 is 15.3 Å². The Bertz CT molecular complexity index is 647. The van der Waals surface area contributed by atoms with Crippen LogP contribution in [0.25, 0.3) is 0 Å². The number of aliphatic hydroxyl groups is 1. The average Bonchev–Trinajstić information content (AvgIpc) is 3.15. The minimum atomic E-state index is -0.170. The van der Waals surface area contributed by atoms with E-state index in [0.29, 0.717) is 18.0 Å². The molecule has 1 saturated heterocycles. The van der Waals surface area contributed by atoms with Crippen LogP contribution in [0.2, 0.25) is 0 Å². The summed E-state index contributed by atoms with van der Waals surface area (Å²) in [4.78, 5) is 15.8. The van der Waals surface area contributed by atoms with Crippen molar-refractivity contribution in [1.29, 1.82) is 0 Å². The number of benzene rings is 1. The Labute approximate surface area is 147 Å². The lowest BCUT2D eigenvalue weighted by Crippen LogP contribution is -2.35. The average molecular weight is 344 g/mol. The standard InChI is InChI=1S/C19H24N2O2S/c1-14(18-3-2-12-24-18)13-20-19(23)15-4-6-16(7-5-15)21-10-8-17(22)9-11-21/h2-7,12,14,17,22H,8-11,13H2,1H3,(H,20,23)/t14-/m1/s1. The van der Waals surface area contributed by atoms with Gasteiger partial charge in [0, 0.05) is 41.7 Å². The Morgan fingerprint density at radius 1 is 1.29 bits per heavy atom. The zero-order chi connectivity index (χ0) is 16.9. The summed E-state index contributed by atoms with van der Waals surface area (Å²) in [5.74, 6) is 0.298. The Morgan fingerprint density at radius 3 is 2.62 bits per heavy atom.